The molecule has 0 unspecified atom stereocenters. The van der Waals surface area contributed by atoms with Crippen LogP contribution in [0.25, 0.3) is 10.2 Å². The first kappa shape index (κ1) is 19.1. The van der Waals surface area contributed by atoms with E-state index in [1.807, 2.05) is 13.8 Å². The highest BCUT2D eigenvalue weighted by Crippen LogP contribution is 2.41. The molecule has 7 heteroatoms. The summed E-state index contributed by atoms with van der Waals surface area (Å²) in [4.78, 5) is 26.4. The number of nitrogens with zero attached hydrogens (tertiary/aromatic N) is 1. The number of aromatic nitrogens is 1. The lowest BCUT2D eigenvalue weighted by Crippen LogP contribution is -2.17. The van der Waals surface area contributed by atoms with Crippen molar-refractivity contribution in [3.05, 3.63) is 51.8 Å². The summed E-state index contributed by atoms with van der Waals surface area (Å²) in [7, 11) is 0. The summed E-state index contributed by atoms with van der Waals surface area (Å²) in [6.07, 6.45) is 0. The fourth-order valence-corrected chi connectivity index (χ4v) is 4.27. The fourth-order valence-electron chi connectivity index (χ4n) is 3.11. The zero-order valence-electron chi connectivity index (χ0n) is 15.7. The average molecular weight is 388 g/mol. The summed E-state index contributed by atoms with van der Waals surface area (Å²) in [5.41, 5.74) is 2.10. The maximum atomic E-state index is 14.3. The Morgan fingerprint density at radius 3 is 2.59 bits per heavy atom. The number of esters is 1. The highest BCUT2D eigenvalue weighted by molar-refractivity contribution is 7.19. The van der Waals surface area contributed by atoms with Crippen molar-refractivity contribution >= 4 is 39.1 Å². The van der Waals surface area contributed by atoms with Crippen LogP contribution in [0.4, 0.5) is 10.1 Å². The minimum absolute atomic E-state index is 0.163. The first-order chi connectivity index (χ1) is 12.8. The molecule has 3 aromatic rings. The molecule has 142 valence electrons. The molecule has 0 atom stereocenters. The molecular formula is C20H21FN2O3S. The summed E-state index contributed by atoms with van der Waals surface area (Å²) in [6, 6.07) is 6.45. The molecule has 0 aliphatic rings. The zero-order chi connectivity index (χ0) is 19.7. The fraction of sp³-hybridized carbons (Fsp3) is 0.300. The number of anilines is 1. The van der Waals surface area contributed by atoms with E-state index >= 15 is 0 Å². The van der Waals surface area contributed by atoms with Gasteiger partial charge in [0, 0.05) is 22.8 Å². The maximum absolute atomic E-state index is 14.3. The number of halogens is 1. The smallest absolute Gasteiger partial charge is 0.357 e. The minimum atomic E-state index is -0.543. The number of amides is 1. The van der Waals surface area contributed by atoms with Crippen LogP contribution in [-0.4, -0.2) is 23.1 Å². The zero-order valence-corrected chi connectivity index (χ0v) is 16.5. The third kappa shape index (κ3) is 3.47. The van der Waals surface area contributed by atoms with E-state index in [1.165, 1.54) is 24.3 Å². The Hall–Kier alpha value is -2.67. The van der Waals surface area contributed by atoms with E-state index in [2.05, 4.69) is 5.32 Å². The van der Waals surface area contributed by atoms with Crippen LogP contribution >= 0.6 is 11.3 Å². The monoisotopic (exact) mass is 388 g/mol. The quantitative estimate of drug-likeness (QED) is 0.648. The van der Waals surface area contributed by atoms with Crippen molar-refractivity contribution in [1.29, 1.82) is 0 Å². The molecule has 0 fully saturated rings. The molecule has 1 N–H and O–H groups in total. The molecule has 0 aliphatic heterocycles. The summed E-state index contributed by atoms with van der Waals surface area (Å²) in [5, 5.41) is 3.58. The van der Waals surface area contributed by atoms with Crippen LogP contribution in [0.3, 0.4) is 0 Å². The molecule has 27 heavy (non-hydrogen) atoms. The van der Waals surface area contributed by atoms with E-state index < -0.39 is 5.97 Å². The van der Waals surface area contributed by atoms with Crippen molar-refractivity contribution in [3.63, 3.8) is 0 Å². The van der Waals surface area contributed by atoms with E-state index in [9.17, 15) is 14.0 Å². The van der Waals surface area contributed by atoms with Crippen molar-refractivity contribution in [2.75, 3.05) is 11.9 Å². The number of carbonyl (C=O) groups excluding carboxylic acids is 2. The van der Waals surface area contributed by atoms with Crippen molar-refractivity contribution < 1.29 is 18.7 Å². The highest BCUT2D eigenvalue weighted by Gasteiger charge is 2.28. The van der Waals surface area contributed by atoms with Gasteiger partial charge in [0.05, 0.1) is 18.8 Å². The Kier molecular flexibility index (Phi) is 5.32. The predicted molar refractivity (Wildman–Crippen MR) is 105 cm³/mol. The topological polar surface area (TPSA) is 60.3 Å². The van der Waals surface area contributed by atoms with Gasteiger partial charge in [-0.3, -0.25) is 4.79 Å². The van der Waals surface area contributed by atoms with Crippen LogP contribution in [0.5, 0.6) is 0 Å². The van der Waals surface area contributed by atoms with Crippen molar-refractivity contribution in [2.45, 2.75) is 34.2 Å². The lowest BCUT2D eigenvalue weighted by atomic mass is 10.2. The SMILES string of the molecule is CCOC(=O)c1c(NC(C)=O)c2c(C)c(C)sc2n1Cc1ccccc1F. The largest absolute Gasteiger partial charge is 0.461 e. The molecule has 0 saturated carbocycles. The van der Waals surface area contributed by atoms with Crippen molar-refractivity contribution in [2.24, 2.45) is 0 Å². The number of aryl methyl sites for hydroxylation is 2. The first-order valence-corrected chi connectivity index (χ1v) is 9.47. The normalized spacial score (nSPS) is 11.0. The number of hydrogen-bond acceptors (Lipinski definition) is 4. The highest BCUT2D eigenvalue weighted by atomic mass is 32.1. The average Bonchev–Trinajstić information content (AvgIpc) is 3.05. The Morgan fingerprint density at radius 1 is 1.26 bits per heavy atom. The number of fused-ring (bicyclic) bond motifs is 1. The van der Waals surface area contributed by atoms with Gasteiger partial charge in [0.2, 0.25) is 5.91 Å². The van der Waals surface area contributed by atoms with Crippen LogP contribution in [0.15, 0.2) is 24.3 Å². The van der Waals surface area contributed by atoms with E-state index in [-0.39, 0.29) is 30.6 Å². The van der Waals surface area contributed by atoms with E-state index in [1.54, 1.807) is 29.7 Å². The summed E-state index contributed by atoms with van der Waals surface area (Å²) in [5.74, 6) is -1.17. The molecule has 1 amide bonds. The Labute approximate surface area is 160 Å². The lowest BCUT2D eigenvalue weighted by Gasteiger charge is -2.12. The molecule has 0 aliphatic carbocycles. The van der Waals surface area contributed by atoms with Gasteiger partial charge in [-0.05, 0) is 32.4 Å². The standard InChI is InChI=1S/C20H21FN2O3S/c1-5-26-20(25)18-17(22-13(4)24)16-11(2)12(3)27-19(16)23(18)10-14-8-6-7-9-15(14)21/h6-9H,5,10H2,1-4H3,(H,22,24). The second kappa shape index (κ2) is 7.52. The Morgan fingerprint density at radius 2 is 1.96 bits per heavy atom. The number of hydrogen-bond donors (Lipinski definition) is 1. The Bertz CT molecular complexity index is 1040. The molecule has 2 heterocycles. The molecule has 1 aromatic carbocycles. The maximum Gasteiger partial charge on any atom is 0.357 e. The van der Waals surface area contributed by atoms with Crippen molar-refractivity contribution in [1.82, 2.24) is 4.57 Å². The number of nitrogens with one attached hydrogen (secondary N) is 1. The van der Waals surface area contributed by atoms with Gasteiger partial charge in [-0.1, -0.05) is 18.2 Å². The van der Waals surface area contributed by atoms with Crippen LogP contribution in [0.1, 0.15) is 40.3 Å². The number of ether oxygens (including phenoxy) is 1. The van der Waals surface area contributed by atoms with Crippen LogP contribution in [0.2, 0.25) is 0 Å². The molecule has 0 spiro atoms. The summed E-state index contributed by atoms with van der Waals surface area (Å²) < 4.78 is 21.2. The molecular weight excluding hydrogens is 367 g/mol. The first-order valence-electron chi connectivity index (χ1n) is 8.65. The molecule has 3 rings (SSSR count). The molecule has 0 saturated heterocycles. The second-order valence-corrected chi connectivity index (χ2v) is 7.47. The minimum Gasteiger partial charge on any atom is -0.461 e. The molecule has 5 nitrogen and oxygen atoms in total. The molecule has 2 aromatic heterocycles. The van der Waals surface area contributed by atoms with Gasteiger partial charge in [-0.15, -0.1) is 11.3 Å². The van der Waals surface area contributed by atoms with E-state index in [0.717, 1.165) is 20.7 Å². The van der Waals surface area contributed by atoms with E-state index in [0.29, 0.717) is 11.3 Å². The van der Waals surface area contributed by atoms with Gasteiger partial charge in [-0.2, -0.15) is 0 Å². The van der Waals surface area contributed by atoms with Crippen molar-refractivity contribution in [3.8, 4) is 0 Å². The summed E-state index contributed by atoms with van der Waals surface area (Å²) >= 11 is 1.51. The van der Waals surface area contributed by atoms with Crippen LogP contribution < -0.4 is 5.32 Å². The third-order valence-corrected chi connectivity index (χ3v) is 5.65. The van der Waals surface area contributed by atoms with Gasteiger partial charge < -0.3 is 14.6 Å². The van der Waals surface area contributed by atoms with Gasteiger partial charge in [0.15, 0.2) is 5.69 Å². The number of rotatable bonds is 5. The van der Waals surface area contributed by atoms with E-state index in [4.69, 9.17) is 4.74 Å². The van der Waals surface area contributed by atoms with Gasteiger partial charge >= 0.3 is 5.97 Å². The number of carbonyl (C=O) groups is 2. The van der Waals surface area contributed by atoms with Gasteiger partial charge in [0.1, 0.15) is 10.6 Å². The van der Waals surface area contributed by atoms with Gasteiger partial charge in [-0.25, -0.2) is 9.18 Å². The second-order valence-electron chi connectivity index (χ2n) is 6.27. The Balaban J connectivity index is 2.30. The lowest BCUT2D eigenvalue weighted by molar-refractivity contribution is -0.114. The third-order valence-electron chi connectivity index (χ3n) is 4.42. The van der Waals surface area contributed by atoms with Crippen LogP contribution in [0, 0.1) is 19.7 Å². The molecule has 0 radical (unpaired) electrons. The van der Waals surface area contributed by atoms with Gasteiger partial charge in [0.25, 0.3) is 0 Å². The van der Waals surface area contributed by atoms with Crippen LogP contribution in [-0.2, 0) is 16.1 Å². The number of thiophene rings is 1. The molecule has 0 bridgehead atoms. The predicted octanol–water partition coefficient (Wildman–Crippen LogP) is 4.64. The summed E-state index contributed by atoms with van der Waals surface area (Å²) in [6.45, 7) is 7.41. The number of benzene rings is 1.